The molecule has 0 spiro atoms. The van der Waals surface area contributed by atoms with Gasteiger partial charge in [0.2, 0.25) is 5.91 Å². The van der Waals surface area contributed by atoms with Crippen molar-refractivity contribution in [3.8, 4) is 0 Å². The molecule has 2 rings (SSSR count). The average molecular weight is 305 g/mol. The Labute approximate surface area is 130 Å². The Balaban J connectivity index is 2.15. The zero-order valence-electron chi connectivity index (χ0n) is 13.1. The zero-order valence-corrected chi connectivity index (χ0v) is 13.9. The highest BCUT2D eigenvalue weighted by molar-refractivity contribution is 7.10. The first-order valence-corrected chi connectivity index (χ1v) is 8.18. The summed E-state index contributed by atoms with van der Waals surface area (Å²) in [5, 5.41) is 9.68. The molecule has 2 heterocycles. The number of hydrogen-bond acceptors (Lipinski definition) is 3. The van der Waals surface area contributed by atoms with E-state index in [4.69, 9.17) is 0 Å². The van der Waals surface area contributed by atoms with E-state index in [1.807, 2.05) is 17.7 Å². The molecule has 0 saturated carbocycles. The van der Waals surface area contributed by atoms with Gasteiger partial charge in [0.05, 0.1) is 5.69 Å². The minimum Gasteiger partial charge on any atom is -0.354 e. The number of thiophene rings is 1. The molecule has 21 heavy (non-hydrogen) atoms. The molecule has 0 aliphatic rings. The zero-order chi connectivity index (χ0) is 15.4. The van der Waals surface area contributed by atoms with Crippen molar-refractivity contribution in [2.24, 2.45) is 5.92 Å². The third-order valence-electron chi connectivity index (χ3n) is 3.30. The molecule has 0 fully saturated rings. The summed E-state index contributed by atoms with van der Waals surface area (Å²) in [6, 6.07) is 6.26. The SMILES string of the molecule is Cc1cc(C)n(C(CNC(=O)CC(C)C)c2cccs2)n1. The number of carbonyl (C=O) groups is 1. The van der Waals surface area contributed by atoms with E-state index in [1.165, 1.54) is 4.88 Å². The van der Waals surface area contributed by atoms with Gasteiger partial charge < -0.3 is 5.32 Å². The summed E-state index contributed by atoms with van der Waals surface area (Å²) in [5.41, 5.74) is 2.12. The molecule has 0 aliphatic carbocycles. The molecule has 0 radical (unpaired) electrons. The fraction of sp³-hybridized carbons (Fsp3) is 0.500. The summed E-state index contributed by atoms with van der Waals surface area (Å²) in [7, 11) is 0. The van der Waals surface area contributed by atoms with Crippen LogP contribution < -0.4 is 5.32 Å². The molecule has 5 heteroatoms. The number of amides is 1. The van der Waals surface area contributed by atoms with Gasteiger partial charge in [0.15, 0.2) is 0 Å². The maximum atomic E-state index is 11.9. The lowest BCUT2D eigenvalue weighted by molar-refractivity contribution is -0.121. The third kappa shape index (κ3) is 4.17. The van der Waals surface area contributed by atoms with Crippen LogP contribution in [0, 0.1) is 19.8 Å². The van der Waals surface area contributed by atoms with Crippen molar-refractivity contribution in [1.29, 1.82) is 0 Å². The van der Waals surface area contributed by atoms with Gasteiger partial charge in [-0.1, -0.05) is 19.9 Å². The quantitative estimate of drug-likeness (QED) is 0.890. The van der Waals surface area contributed by atoms with Gasteiger partial charge in [-0.15, -0.1) is 11.3 Å². The Morgan fingerprint density at radius 1 is 1.43 bits per heavy atom. The number of rotatable bonds is 6. The van der Waals surface area contributed by atoms with Gasteiger partial charge in [0.1, 0.15) is 6.04 Å². The smallest absolute Gasteiger partial charge is 0.220 e. The van der Waals surface area contributed by atoms with Gasteiger partial charge in [-0.3, -0.25) is 9.48 Å². The fourth-order valence-corrected chi connectivity index (χ4v) is 3.22. The van der Waals surface area contributed by atoms with Gasteiger partial charge in [-0.2, -0.15) is 5.10 Å². The Morgan fingerprint density at radius 2 is 2.19 bits per heavy atom. The van der Waals surface area contributed by atoms with Gasteiger partial charge in [-0.05, 0) is 37.3 Å². The summed E-state index contributed by atoms with van der Waals surface area (Å²) in [6.45, 7) is 8.73. The normalized spacial score (nSPS) is 12.6. The fourth-order valence-electron chi connectivity index (χ4n) is 2.40. The van der Waals surface area contributed by atoms with Crippen LogP contribution >= 0.6 is 11.3 Å². The van der Waals surface area contributed by atoms with Crippen molar-refractivity contribution < 1.29 is 4.79 Å². The minimum absolute atomic E-state index is 0.0646. The first-order chi connectivity index (χ1) is 9.97. The van der Waals surface area contributed by atoms with E-state index in [9.17, 15) is 4.79 Å². The molecule has 0 aliphatic heterocycles. The summed E-state index contributed by atoms with van der Waals surface area (Å²) < 4.78 is 2.01. The number of aryl methyl sites for hydroxylation is 2. The lowest BCUT2D eigenvalue weighted by atomic mass is 10.1. The molecule has 1 atom stereocenters. The summed E-state index contributed by atoms with van der Waals surface area (Å²) in [5.74, 6) is 0.479. The molecular weight excluding hydrogens is 282 g/mol. The van der Waals surface area contributed by atoms with Crippen LogP contribution in [0.4, 0.5) is 0 Å². The first kappa shape index (κ1) is 15.8. The highest BCUT2D eigenvalue weighted by Gasteiger charge is 2.19. The average Bonchev–Trinajstić information content (AvgIpc) is 3.00. The van der Waals surface area contributed by atoms with E-state index in [1.54, 1.807) is 11.3 Å². The number of carbonyl (C=O) groups excluding carboxylic acids is 1. The highest BCUT2D eigenvalue weighted by atomic mass is 32.1. The number of hydrogen-bond donors (Lipinski definition) is 1. The summed E-state index contributed by atoms with van der Waals surface area (Å²) in [6.07, 6.45) is 0.564. The van der Waals surface area contributed by atoms with Crippen LogP contribution in [-0.4, -0.2) is 22.2 Å². The van der Waals surface area contributed by atoms with Crippen LogP contribution in [0.5, 0.6) is 0 Å². The van der Waals surface area contributed by atoms with Crippen molar-refractivity contribution in [2.75, 3.05) is 6.54 Å². The van der Waals surface area contributed by atoms with Crippen LogP contribution in [0.1, 0.15) is 42.6 Å². The molecule has 4 nitrogen and oxygen atoms in total. The van der Waals surface area contributed by atoms with Crippen LogP contribution in [-0.2, 0) is 4.79 Å². The number of aromatic nitrogens is 2. The van der Waals surface area contributed by atoms with E-state index in [0.29, 0.717) is 18.9 Å². The van der Waals surface area contributed by atoms with Crippen molar-refractivity contribution in [2.45, 2.75) is 40.2 Å². The molecular formula is C16H23N3OS. The van der Waals surface area contributed by atoms with Crippen LogP contribution in [0.2, 0.25) is 0 Å². The van der Waals surface area contributed by atoms with Crippen LogP contribution in [0.25, 0.3) is 0 Å². The van der Waals surface area contributed by atoms with E-state index in [2.05, 4.69) is 48.7 Å². The standard InChI is InChI=1S/C16H23N3OS/c1-11(2)8-16(20)17-10-14(15-6-5-7-21-15)19-13(4)9-12(3)18-19/h5-7,9,11,14H,8,10H2,1-4H3,(H,17,20). The van der Waals surface area contributed by atoms with E-state index < -0.39 is 0 Å². The molecule has 2 aromatic heterocycles. The van der Waals surface area contributed by atoms with Crippen LogP contribution in [0.3, 0.4) is 0 Å². The predicted molar refractivity (Wildman–Crippen MR) is 86.6 cm³/mol. The van der Waals surface area contributed by atoms with E-state index >= 15 is 0 Å². The van der Waals surface area contributed by atoms with Crippen molar-refractivity contribution in [1.82, 2.24) is 15.1 Å². The monoisotopic (exact) mass is 305 g/mol. The Hall–Kier alpha value is -1.62. The maximum Gasteiger partial charge on any atom is 0.220 e. The van der Waals surface area contributed by atoms with Gasteiger partial charge in [0, 0.05) is 23.5 Å². The maximum absolute atomic E-state index is 11.9. The van der Waals surface area contributed by atoms with E-state index in [0.717, 1.165) is 11.4 Å². The summed E-state index contributed by atoms with van der Waals surface area (Å²) >= 11 is 1.70. The molecule has 1 amide bonds. The lowest BCUT2D eigenvalue weighted by Crippen LogP contribution is -2.32. The topological polar surface area (TPSA) is 46.9 Å². The second-order valence-electron chi connectivity index (χ2n) is 5.80. The summed E-state index contributed by atoms with van der Waals surface area (Å²) in [4.78, 5) is 13.1. The molecule has 1 unspecified atom stereocenters. The van der Waals surface area contributed by atoms with Gasteiger partial charge >= 0.3 is 0 Å². The van der Waals surface area contributed by atoms with E-state index in [-0.39, 0.29) is 11.9 Å². The highest BCUT2D eigenvalue weighted by Crippen LogP contribution is 2.24. The molecule has 114 valence electrons. The largest absolute Gasteiger partial charge is 0.354 e. The Morgan fingerprint density at radius 3 is 2.71 bits per heavy atom. The second kappa shape index (κ2) is 6.89. The lowest BCUT2D eigenvalue weighted by Gasteiger charge is -2.19. The first-order valence-electron chi connectivity index (χ1n) is 7.30. The van der Waals surface area contributed by atoms with Gasteiger partial charge in [0.25, 0.3) is 0 Å². The predicted octanol–water partition coefficient (Wildman–Crippen LogP) is 3.31. The van der Waals surface area contributed by atoms with Crippen molar-refractivity contribution in [3.05, 3.63) is 39.8 Å². The van der Waals surface area contributed by atoms with Gasteiger partial charge in [-0.25, -0.2) is 0 Å². The van der Waals surface area contributed by atoms with Crippen LogP contribution in [0.15, 0.2) is 23.6 Å². The second-order valence-corrected chi connectivity index (χ2v) is 6.78. The van der Waals surface area contributed by atoms with Crippen molar-refractivity contribution >= 4 is 17.2 Å². The molecule has 1 N–H and O–H groups in total. The molecule has 0 bridgehead atoms. The Kier molecular flexibility index (Phi) is 5.17. The Bertz CT molecular complexity index is 587. The minimum atomic E-state index is 0.0646. The molecule has 0 aromatic carbocycles. The number of nitrogens with zero attached hydrogens (tertiary/aromatic N) is 2. The van der Waals surface area contributed by atoms with Crippen molar-refractivity contribution in [3.63, 3.8) is 0 Å². The molecule has 2 aromatic rings. The third-order valence-corrected chi connectivity index (χ3v) is 4.27. The molecule has 0 saturated heterocycles. The number of nitrogens with one attached hydrogen (secondary N) is 1.